The van der Waals surface area contributed by atoms with E-state index in [0.29, 0.717) is 5.82 Å². The fourth-order valence-corrected chi connectivity index (χ4v) is 2.59. The van der Waals surface area contributed by atoms with Gasteiger partial charge in [0, 0.05) is 24.0 Å². The van der Waals surface area contributed by atoms with Crippen LogP contribution in [0, 0.1) is 5.41 Å². The maximum atomic E-state index is 12.1. The van der Waals surface area contributed by atoms with Crippen LogP contribution in [-0.2, 0) is 11.2 Å². The predicted molar refractivity (Wildman–Crippen MR) is 86.2 cm³/mol. The summed E-state index contributed by atoms with van der Waals surface area (Å²) in [6, 6.07) is 11.1. The SMILES string of the molecule is N=C(N)c1ccc2c(c1)CCN2CC(=O)Nc1ccccn1. The fraction of sp³-hybridized carbons (Fsp3) is 0.188. The van der Waals surface area contributed by atoms with Crippen LogP contribution in [0.3, 0.4) is 0 Å². The number of nitrogen functional groups attached to an aromatic ring is 1. The molecule has 0 atom stereocenters. The van der Waals surface area contributed by atoms with Crippen molar-refractivity contribution in [2.75, 3.05) is 23.3 Å². The summed E-state index contributed by atoms with van der Waals surface area (Å²) in [4.78, 5) is 18.2. The van der Waals surface area contributed by atoms with Crippen molar-refractivity contribution in [2.24, 2.45) is 5.73 Å². The average Bonchev–Trinajstić information content (AvgIpc) is 2.90. The van der Waals surface area contributed by atoms with Gasteiger partial charge in [0.15, 0.2) is 0 Å². The van der Waals surface area contributed by atoms with E-state index in [-0.39, 0.29) is 18.3 Å². The molecular weight excluding hydrogens is 278 g/mol. The highest BCUT2D eigenvalue weighted by molar-refractivity contribution is 5.96. The number of fused-ring (bicyclic) bond motifs is 1. The number of nitrogens with two attached hydrogens (primary N) is 1. The molecular formula is C16H17N5O. The Kier molecular flexibility index (Phi) is 3.74. The highest BCUT2D eigenvalue weighted by Crippen LogP contribution is 2.28. The number of carbonyl (C=O) groups excluding carboxylic acids is 1. The second-order valence-electron chi connectivity index (χ2n) is 5.19. The van der Waals surface area contributed by atoms with Crippen LogP contribution in [0.2, 0.25) is 0 Å². The number of nitrogens with zero attached hydrogens (tertiary/aromatic N) is 2. The number of carbonyl (C=O) groups is 1. The van der Waals surface area contributed by atoms with Crippen LogP contribution in [0.1, 0.15) is 11.1 Å². The number of rotatable bonds is 4. The fourth-order valence-electron chi connectivity index (χ4n) is 2.59. The molecule has 0 bridgehead atoms. The molecule has 0 saturated carbocycles. The molecule has 1 aliphatic rings. The number of anilines is 2. The van der Waals surface area contributed by atoms with E-state index < -0.39 is 0 Å². The van der Waals surface area contributed by atoms with E-state index in [4.69, 9.17) is 11.1 Å². The van der Waals surface area contributed by atoms with Crippen molar-refractivity contribution in [3.63, 3.8) is 0 Å². The Morgan fingerprint density at radius 3 is 2.95 bits per heavy atom. The van der Waals surface area contributed by atoms with Crippen LogP contribution in [0.5, 0.6) is 0 Å². The first-order valence-corrected chi connectivity index (χ1v) is 7.06. The van der Waals surface area contributed by atoms with Gasteiger partial charge in [0.05, 0.1) is 6.54 Å². The first-order chi connectivity index (χ1) is 10.6. The molecule has 0 spiro atoms. The predicted octanol–water partition coefficient (Wildman–Crippen LogP) is 1.37. The van der Waals surface area contributed by atoms with Crippen LogP contribution < -0.4 is 16.0 Å². The third-order valence-corrected chi connectivity index (χ3v) is 3.65. The second kappa shape index (κ2) is 5.85. The van der Waals surface area contributed by atoms with Gasteiger partial charge < -0.3 is 16.0 Å². The van der Waals surface area contributed by atoms with Crippen molar-refractivity contribution in [1.29, 1.82) is 5.41 Å². The Morgan fingerprint density at radius 1 is 1.36 bits per heavy atom. The van der Waals surface area contributed by atoms with Gasteiger partial charge in [0.25, 0.3) is 0 Å². The summed E-state index contributed by atoms with van der Waals surface area (Å²) in [6.45, 7) is 1.06. The van der Waals surface area contributed by atoms with Gasteiger partial charge in [0.2, 0.25) is 5.91 Å². The summed E-state index contributed by atoms with van der Waals surface area (Å²) >= 11 is 0. The van der Waals surface area contributed by atoms with E-state index in [0.717, 1.165) is 29.8 Å². The molecule has 3 rings (SSSR count). The van der Waals surface area contributed by atoms with Crippen molar-refractivity contribution in [2.45, 2.75) is 6.42 Å². The highest BCUT2D eigenvalue weighted by atomic mass is 16.2. The monoisotopic (exact) mass is 295 g/mol. The van der Waals surface area contributed by atoms with Gasteiger partial charge in [-0.1, -0.05) is 6.07 Å². The lowest BCUT2D eigenvalue weighted by molar-refractivity contribution is -0.115. The zero-order valence-electron chi connectivity index (χ0n) is 12.0. The van der Waals surface area contributed by atoms with E-state index in [1.807, 2.05) is 29.2 Å². The molecule has 0 fully saturated rings. The van der Waals surface area contributed by atoms with Crippen LogP contribution in [0.4, 0.5) is 11.5 Å². The number of amidine groups is 1. The zero-order valence-corrected chi connectivity index (χ0v) is 12.0. The first-order valence-electron chi connectivity index (χ1n) is 7.06. The van der Waals surface area contributed by atoms with Gasteiger partial charge >= 0.3 is 0 Å². The molecule has 4 N–H and O–H groups in total. The molecule has 0 unspecified atom stereocenters. The molecule has 0 radical (unpaired) electrons. The maximum Gasteiger partial charge on any atom is 0.245 e. The third kappa shape index (κ3) is 2.90. The van der Waals surface area contributed by atoms with E-state index in [2.05, 4.69) is 10.3 Å². The summed E-state index contributed by atoms with van der Waals surface area (Å²) in [6.07, 6.45) is 2.50. The Bertz CT molecular complexity index is 714. The van der Waals surface area contributed by atoms with E-state index >= 15 is 0 Å². The lowest BCUT2D eigenvalue weighted by Gasteiger charge is -2.18. The Labute approximate surface area is 128 Å². The lowest BCUT2D eigenvalue weighted by atomic mass is 10.1. The molecule has 22 heavy (non-hydrogen) atoms. The van der Waals surface area contributed by atoms with Gasteiger partial charge in [-0.25, -0.2) is 4.98 Å². The maximum absolute atomic E-state index is 12.1. The molecule has 1 aromatic heterocycles. The van der Waals surface area contributed by atoms with E-state index in [1.54, 1.807) is 18.3 Å². The van der Waals surface area contributed by atoms with E-state index in [9.17, 15) is 4.79 Å². The van der Waals surface area contributed by atoms with Gasteiger partial charge in [-0.05, 0) is 42.3 Å². The molecule has 1 amide bonds. The van der Waals surface area contributed by atoms with Crippen molar-refractivity contribution in [3.05, 3.63) is 53.7 Å². The molecule has 6 nitrogen and oxygen atoms in total. The lowest BCUT2D eigenvalue weighted by Crippen LogP contribution is -2.32. The minimum Gasteiger partial charge on any atom is -0.384 e. The summed E-state index contributed by atoms with van der Waals surface area (Å²) in [5.41, 5.74) is 8.38. The molecule has 112 valence electrons. The smallest absolute Gasteiger partial charge is 0.245 e. The molecule has 2 aromatic rings. The molecule has 1 aromatic carbocycles. The second-order valence-corrected chi connectivity index (χ2v) is 5.19. The van der Waals surface area contributed by atoms with Crippen molar-refractivity contribution in [1.82, 2.24) is 4.98 Å². The Hall–Kier alpha value is -2.89. The Balaban J connectivity index is 1.69. The molecule has 1 aliphatic heterocycles. The molecule has 6 heteroatoms. The number of hydrogen-bond donors (Lipinski definition) is 3. The molecule has 2 heterocycles. The number of hydrogen-bond acceptors (Lipinski definition) is 4. The largest absolute Gasteiger partial charge is 0.384 e. The van der Waals surface area contributed by atoms with Crippen molar-refractivity contribution < 1.29 is 4.79 Å². The minimum atomic E-state index is -0.0952. The topological polar surface area (TPSA) is 95.1 Å². The summed E-state index contributed by atoms with van der Waals surface area (Å²) in [7, 11) is 0. The summed E-state index contributed by atoms with van der Waals surface area (Å²) in [5, 5.41) is 10.3. The standard InChI is InChI=1S/C16H17N5O/c17-16(18)12-4-5-13-11(9-12)6-8-21(13)10-15(22)20-14-3-1-2-7-19-14/h1-5,7,9H,6,8,10H2,(H3,17,18)(H,19,20,22). The number of pyridine rings is 1. The van der Waals surface area contributed by atoms with Gasteiger partial charge in [-0.15, -0.1) is 0 Å². The first kappa shape index (κ1) is 14.1. The van der Waals surface area contributed by atoms with E-state index in [1.165, 1.54) is 0 Å². The van der Waals surface area contributed by atoms with Gasteiger partial charge in [-0.3, -0.25) is 10.2 Å². The van der Waals surface area contributed by atoms with Gasteiger partial charge in [0.1, 0.15) is 11.7 Å². The summed E-state index contributed by atoms with van der Waals surface area (Å²) in [5.74, 6) is 0.523. The normalized spacial score (nSPS) is 12.8. The van der Waals surface area contributed by atoms with Crippen molar-refractivity contribution in [3.8, 4) is 0 Å². The minimum absolute atomic E-state index is 0.0640. The van der Waals surface area contributed by atoms with Crippen LogP contribution in [0.15, 0.2) is 42.6 Å². The number of aromatic nitrogens is 1. The molecule has 0 saturated heterocycles. The Morgan fingerprint density at radius 2 is 2.23 bits per heavy atom. The number of amides is 1. The third-order valence-electron chi connectivity index (χ3n) is 3.65. The average molecular weight is 295 g/mol. The molecule has 0 aliphatic carbocycles. The summed E-state index contributed by atoms with van der Waals surface area (Å²) < 4.78 is 0. The van der Waals surface area contributed by atoms with Crippen molar-refractivity contribution >= 4 is 23.2 Å². The van der Waals surface area contributed by atoms with Crippen LogP contribution in [0.25, 0.3) is 0 Å². The number of benzene rings is 1. The van der Waals surface area contributed by atoms with Crippen LogP contribution >= 0.6 is 0 Å². The zero-order chi connectivity index (χ0) is 15.5. The number of nitrogens with one attached hydrogen (secondary N) is 2. The van der Waals surface area contributed by atoms with Crippen LogP contribution in [-0.4, -0.2) is 29.8 Å². The quantitative estimate of drug-likeness (QED) is 0.586. The highest BCUT2D eigenvalue weighted by Gasteiger charge is 2.21. The van der Waals surface area contributed by atoms with Gasteiger partial charge in [-0.2, -0.15) is 0 Å².